The average Bonchev–Trinajstić information content (AvgIpc) is 3.39. The molecule has 1 aliphatic rings. The summed E-state index contributed by atoms with van der Waals surface area (Å²) in [5.74, 6) is -3.73. The van der Waals surface area contributed by atoms with Crippen LogP contribution in [0.15, 0.2) is 24.3 Å². The highest BCUT2D eigenvalue weighted by Crippen LogP contribution is 2.18. The van der Waals surface area contributed by atoms with Crippen LogP contribution >= 0.6 is 0 Å². The number of benzene rings is 1. The van der Waals surface area contributed by atoms with Crippen LogP contribution in [0.25, 0.3) is 0 Å². The summed E-state index contributed by atoms with van der Waals surface area (Å²) in [6.07, 6.45) is 1.28. The molecule has 1 aliphatic carbocycles. The number of carbonyl (C=O) groups is 3. The summed E-state index contributed by atoms with van der Waals surface area (Å²) in [6, 6.07) is 6.03. The van der Waals surface area contributed by atoms with Gasteiger partial charge in [0.2, 0.25) is 5.91 Å². The summed E-state index contributed by atoms with van der Waals surface area (Å²) < 4.78 is 0. The molecule has 2 rings (SSSR count). The number of amides is 1. The minimum absolute atomic E-state index is 0.0160. The summed E-state index contributed by atoms with van der Waals surface area (Å²) in [6.45, 7) is 0.371. The molecule has 142 valence electrons. The van der Waals surface area contributed by atoms with Crippen LogP contribution in [0.1, 0.15) is 24.5 Å². The van der Waals surface area contributed by atoms with Gasteiger partial charge in [0.1, 0.15) is 0 Å². The highest BCUT2D eigenvalue weighted by atomic mass is 16.6. The van der Waals surface area contributed by atoms with Crippen LogP contribution in [-0.4, -0.2) is 57.2 Å². The zero-order valence-electron chi connectivity index (χ0n) is 13.6. The minimum atomic E-state index is -1.82. The van der Waals surface area contributed by atoms with E-state index in [1.807, 2.05) is 0 Å². The number of carboxylic acid groups (broad SMARTS) is 2. The molecule has 0 saturated heterocycles. The molecule has 0 heterocycles. The highest BCUT2D eigenvalue weighted by molar-refractivity contribution is 6.27. The predicted molar refractivity (Wildman–Crippen MR) is 87.4 cm³/mol. The number of carboxylic acids is 2. The lowest BCUT2D eigenvalue weighted by molar-refractivity contribution is -0.384. The summed E-state index contributed by atoms with van der Waals surface area (Å²) in [7, 11) is 0. The topological polar surface area (TPSA) is 179 Å². The molecule has 1 fully saturated rings. The first-order valence-corrected chi connectivity index (χ1v) is 7.59. The van der Waals surface area contributed by atoms with Crippen molar-refractivity contribution in [1.82, 2.24) is 10.6 Å². The first kappa shape index (κ1) is 21.0. The quantitative estimate of drug-likeness (QED) is 0.244. The van der Waals surface area contributed by atoms with Crippen LogP contribution in [-0.2, 0) is 14.4 Å². The standard InChI is InChI=1S/C13H17N3O4.C2H2O4/c17-12(7-14-8-13(18)15-10-3-4-10)9-1-5-11(6-2-9)16(19)20;3-1(4)2(5)6/h1-2,5-6,10,12,14,17H,3-4,7-8H2,(H,15,18);(H,3,4)(H,5,6). The summed E-state index contributed by atoms with van der Waals surface area (Å²) >= 11 is 0. The van der Waals surface area contributed by atoms with Crippen molar-refractivity contribution < 1.29 is 34.6 Å². The zero-order chi connectivity index (χ0) is 19.7. The van der Waals surface area contributed by atoms with E-state index in [0.29, 0.717) is 11.6 Å². The second-order valence-corrected chi connectivity index (χ2v) is 5.45. The largest absolute Gasteiger partial charge is 0.473 e. The van der Waals surface area contributed by atoms with Gasteiger partial charge in [0.25, 0.3) is 5.69 Å². The van der Waals surface area contributed by atoms with E-state index in [9.17, 15) is 20.0 Å². The maximum absolute atomic E-state index is 11.4. The van der Waals surface area contributed by atoms with Gasteiger partial charge < -0.3 is 26.0 Å². The molecule has 0 bridgehead atoms. The molecule has 0 aromatic heterocycles. The van der Waals surface area contributed by atoms with Gasteiger partial charge in [-0.2, -0.15) is 0 Å². The van der Waals surface area contributed by atoms with Crippen LogP contribution in [0.2, 0.25) is 0 Å². The van der Waals surface area contributed by atoms with E-state index < -0.39 is 23.0 Å². The first-order chi connectivity index (χ1) is 12.2. The Bertz CT molecular complexity index is 645. The lowest BCUT2D eigenvalue weighted by Crippen LogP contribution is -2.36. The fraction of sp³-hybridized carbons (Fsp3) is 0.400. The highest BCUT2D eigenvalue weighted by Gasteiger charge is 2.22. The number of rotatable bonds is 7. The van der Waals surface area contributed by atoms with Crippen LogP contribution < -0.4 is 10.6 Å². The summed E-state index contributed by atoms with van der Waals surface area (Å²) in [5, 5.41) is 40.9. The Hall–Kier alpha value is -3.05. The Balaban J connectivity index is 0.000000487. The van der Waals surface area contributed by atoms with Crippen LogP contribution in [0.5, 0.6) is 0 Å². The van der Waals surface area contributed by atoms with Gasteiger partial charge in [-0.05, 0) is 30.5 Å². The van der Waals surface area contributed by atoms with Crippen molar-refractivity contribution in [2.24, 2.45) is 0 Å². The molecule has 5 N–H and O–H groups in total. The second-order valence-electron chi connectivity index (χ2n) is 5.45. The smallest absolute Gasteiger partial charge is 0.414 e. The van der Waals surface area contributed by atoms with E-state index >= 15 is 0 Å². The van der Waals surface area contributed by atoms with Gasteiger partial charge >= 0.3 is 11.9 Å². The lowest BCUT2D eigenvalue weighted by Gasteiger charge is -2.12. The van der Waals surface area contributed by atoms with Gasteiger partial charge in [0.05, 0.1) is 17.6 Å². The molecule has 0 spiro atoms. The molecule has 1 amide bonds. The Morgan fingerprint density at radius 2 is 1.69 bits per heavy atom. The van der Waals surface area contributed by atoms with E-state index in [1.165, 1.54) is 24.3 Å². The molecule has 0 aliphatic heterocycles. The zero-order valence-corrected chi connectivity index (χ0v) is 13.6. The maximum atomic E-state index is 11.4. The van der Waals surface area contributed by atoms with Gasteiger partial charge in [-0.15, -0.1) is 0 Å². The molecule has 1 saturated carbocycles. The number of aliphatic carboxylic acids is 2. The fourth-order valence-electron chi connectivity index (χ4n) is 1.76. The van der Waals surface area contributed by atoms with E-state index in [0.717, 1.165) is 12.8 Å². The van der Waals surface area contributed by atoms with E-state index in [1.54, 1.807) is 0 Å². The normalized spacial score (nSPS) is 13.7. The number of non-ortho nitro benzene ring substituents is 1. The Morgan fingerprint density at radius 3 is 2.12 bits per heavy atom. The molecule has 11 nitrogen and oxygen atoms in total. The number of nitrogens with zero attached hydrogens (tertiary/aromatic N) is 1. The molecule has 1 aromatic carbocycles. The van der Waals surface area contributed by atoms with Gasteiger partial charge in [-0.25, -0.2) is 9.59 Å². The average molecular weight is 369 g/mol. The minimum Gasteiger partial charge on any atom is -0.473 e. The third-order valence-electron chi connectivity index (χ3n) is 3.24. The number of hydrogen-bond donors (Lipinski definition) is 5. The number of hydrogen-bond acceptors (Lipinski definition) is 7. The number of nitro groups is 1. The third-order valence-corrected chi connectivity index (χ3v) is 3.24. The first-order valence-electron chi connectivity index (χ1n) is 7.59. The van der Waals surface area contributed by atoms with Crippen molar-refractivity contribution in [3.63, 3.8) is 0 Å². The van der Waals surface area contributed by atoms with Gasteiger partial charge in [-0.3, -0.25) is 14.9 Å². The van der Waals surface area contributed by atoms with Gasteiger partial charge in [0.15, 0.2) is 0 Å². The maximum Gasteiger partial charge on any atom is 0.414 e. The second kappa shape index (κ2) is 10.1. The molecular formula is C15H19N3O8. The van der Waals surface area contributed by atoms with Crippen molar-refractivity contribution in [1.29, 1.82) is 0 Å². The van der Waals surface area contributed by atoms with Crippen LogP contribution in [0, 0.1) is 10.1 Å². The lowest BCUT2D eigenvalue weighted by atomic mass is 10.1. The Kier molecular flexibility index (Phi) is 8.12. The van der Waals surface area contributed by atoms with E-state index in [4.69, 9.17) is 19.8 Å². The number of aliphatic hydroxyl groups excluding tert-OH is 1. The van der Waals surface area contributed by atoms with Crippen molar-refractivity contribution in [3.8, 4) is 0 Å². The fourth-order valence-corrected chi connectivity index (χ4v) is 1.76. The van der Waals surface area contributed by atoms with Crippen molar-refractivity contribution >= 4 is 23.5 Å². The van der Waals surface area contributed by atoms with E-state index in [2.05, 4.69) is 10.6 Å². The molecule has 1 atom stereocenters. The molecule has 0 radical (unpaired) electrons. The van der Waals surface area contributed by atoms with Gasteiger partial charge in [0, 0.05) is 24.7 Å². The third kappa shape index (κ3) is 8.17. The van der Waals surface area contributed by atoms with Gasteiger partial charge in [-0.1, -0.05) is 0 Å². The molecule has 26 heavy (non-hydrogen) atoms. The monoisotopic (exact) mass is 369 g/mol. The van der Waals surface area contributed by atoms with Crippen molar-refractivity contribution in [3.05, 3.63) is 39.9 Å². The predicted octanol–water partition coefficient (Wildman–Crippen LogP) is -0.348. The molecule has 1 unspecified atom stereocenters. The Morgan fingerprint density at radius 1 is 1.15 bits per heavy atom. The number of carbonyl (C=O) groups excluding carboxylic acids is 1. The molecule has 11 heteroatoms. The van der Waals surface area contributed by atoms with E-state index in [-0.39, 0.29) is 24.7 Å². The Labute approximate surface area is 147 Å². The van der Waals surface area contributed by atoms with Crippen LogP contribution in [0.3, 0.4) is 0 Å². The summed E-state index contributed by atoms with van der Waals surface area (Å²) in [4.78, 5) is 39.6. The van der Waals surface area contributed by atoms with Crippen molar-refractivity contribution in [2.75, 3.05) is 13.1 Å². The SMILES string of the molecule is O=C(CNCC(O)c1ccc([N+](=O)[O-])cc1)NC1CC1.O=C(O)C(=O)O. The molecule has 1 aromatic rings. The number of nitro benzene ring substituents is 1. The molecular weight excluding hydrogens is 350 g/mol. The summed E-state index contributed by atoms with van der Waals surface area (Å²) in [5.41, 5.74) is 0.559. The van der Waals surface area contributed by atoms with Crippen LogP contribution in [0.4, 0.5) is 5.69 Å². The van der Waals surface area contributed by atoms with Crippen molar-refractivity contribution in [2.45, 2.75) is 25.0 Å². The number of aliphatic hydroxyl groups is 1. The number of nitrogens with one attached hydrogen (secondary N) is 2.